The molecule has 0 saturated heterocycles. The molecule has 0 aliphatic heterocycles. The third-order valence-electron chi connectivity index (χ3n) is 0.622. The van der Waals surface area contributed by atoms with Crippen LogP contribution in [0.4, 0.5) is 0 Å². The summed E-state index contributed by atoms with van der Waals surface area (Å²) in [6.45, 7) is 3.48. The summed E-state index contributed by atoms with van der Waals surface area (Å²) in [7, 11) is 0. The largest absolute Gasteiger partial charge is 0.479 e. The molecule has 0 aromatic heterocycles. The third-order valence-corrected chi connectivity index (χ3v) is 0.622. The fourth-order valence-corrected chi connectivity index (χ4v) is 0.257. The highest BCUT2D eigenvalue weighted by Gasteiger charge is 1.93. The summed E-state index contributed by atoms with van der Waals surface area (Å²) in [6.07, 6.45) is 1.54. The lowest BCUT2D eigenvalue weighted by molar-refractivity contribution is -0.142. The highest BCUT2D eigenvalue weighted by molar-refractivity contribution is 5.68. The summed E-state index contributed by atoms with van der Waals surface area (Å²) in [5.74, 6) is -0.727. The summed E-state index contributed by atoms with van der Waals surface area (Å²) in [4.78, 5) is 14.2. The zero-order valence-corrected chi connectivity index (χ0v) is 6.07. The molecule has 0 aliphatic rings. The van der Waals surface area contributed by atoms with E-state index in [1.54, 1.807) is 6.21 Å². The van der Waals surface area contributed by atoms with Gasteiger partial charge in [0.25, 0.3) is 0 Å². The summed E-state index contributed by atoms with van der Waals surface area (Å²) in [5.41, 5.74) is 0. The van der Waals surface area contributed by atoms with Gasteiger partial charge in [-0.2, -0.15) is 0 Å². The number of hydrogen-bond acceptors (Lipinski definition) is 3. The van der Waals surface area contributed by atoms with Crippen LogP contribution in [0, 0.1) is 5.92 Å². The maximum absolute atomic E-state index is 9.85. The molecular formula is C6H11NO3. The van der Waals surface area contributed by atoms with Crippen molar-refractivity contribution in [1.82, 2.24) is 0 Å². The zero-order valence-electron chi connectivity index (χ0n) is 6.07. The van der Waals surface area contributed by atoms with E-state index in [-0.39, 0.29) is 12.5 Å². The standard InChI is InChI=1S/C6H11NO3/c1-5(2)3-7-10-4-6(8)9/h3,5H,4H2,1-2H3,(H,8,9)/b7-3+. The van der Waals surface area contributed by atoms with Crippen LogP contribution in [-0.4, -0.2) is 23.9 Å². The first kappa shape index (κ1) is 8.94. The predicted octanol–water partition coefficient (Wildman–Crippen LogP) is 0.729. The van der Waals surface area contributed by atoms with Crippen molar-refractivity contribution >= 4 is 12.2 Å². The molecule has 0 saturated carbocycles. The van der Waals surface area contributed by atoms with Gasteiger partial charge in [-0.3, -0.25) is 0 Å². The van der Waals surface area contributed by atoms with E-state index in [9.17, 15) is 4.79 Å². The van der Waals surface area contributed by atoms with Crippen molar-refractivity contribution in [3.05, 3.63) is 0 Å². The van der Waals surface area contributed by atoms with E-state index in [1.165, 1.54) is 0 Å². The summed E-state index contributed by atoms with van der Waals surface area (Å²) in [5, 5.41) is 11.5. The average Bonchev–Trinajstić information content (AvgIpc) is 1.79. The summed E-state index contributed by atoms with van der Waals surface area (Å²) >= 11 is 0. The molecule has 58 valence electrons. The van der Waals surface area contributed by atoms with E-state index in [0.717, 1.165) is 0 Å². The van der Waals surface area contributed by atoms with E-state index >= 15 is 0 Å². The van der Waals surface area contributed by atoms with Crippen molar-refractivity contribution in [2.24, 2.45) is 11.1 Å². The molecule has 0 amide bonds. The Morgan fingerprint density at radius 2 is 2.40 bits per heavy atom. The molecule has 1 N–H and O–H groups in total. The van der Waals surface area contributed by atoms with Gasteiger partial charge in [-0.15, -0.1) is 0 Å². The fourth-order valence-electron chi connectivity index (χ4n) is 0.257. The Hall–Kier alpha value is -1.06. The minimum Gasteiger partial charge on any atom is -0.479 e. The highest BCUT2D eigenvalue weighted by atomic mass is 16.6. The van der Waals surface area contributed by atoms with Gasteiger partial charge < -0.3 is 9.94 Å². The van der Waals surface area contributed by atoms with Crippen molar-refractivity contribution in [3.63, 3.8) is 0 Å². The fraction of sp³-hybridized carbons (Fsp3) is 0.667. The number of hydrogen-bond donors (Lipinski definition) is 1. The van der Waals surface area contributed by atoms with Crippen molar-refractivity contribution in [3.8, 4) is 0 Å². The van der Waals surface area contributed by atoms with Gasteiger partial charge in [0.1, 0.15) is 0 Å². The van der Waals surface area contributed by atoms with Crippen molar-refractivity contribution in [2.45, 2.75) is 13.8 Å². The quantitative estimate of drug-likeness (QED) is 0.468. The van der Waals surface area contributed by atoms with Crippen molar-refractivity contribution in [1.29, 1.82) is 0 Å². The van der Waals surface area contributed by atoms with E-state index in [0.29, 0.717) is 0 Å². The van der Waals surface area contributed by atoms with Crippen LogP contribution in [0.2, 0.25) is 0 Å². The number of oxime groups is 1. The summed E-state index contributed by atoms with van der Waals surface area (Å²) in [6, 6.07) is 0. The smallest absolute Gasteiger partial charge is 0.344 e. The number of rotatable bonds is 4. The van der Waals surface area contributed by atoms with Crippen LogP contribution < -0.4 is 0 Å². The second-order valence-electron chi connectivity index (χ2n) is 2.17. The molecule has 4 nitrogen and oxygen atoms in total. The number of carboxylic acid groups (broad SMARTS) is 1. The number of nitrogens with zero attached hydrogens (tertiary/aromatic N) is 1. The maximum atomic E-state index is 9.85. The molecular weight excluding hydrogens is 134 g/mol. The molecule has 0 radical (unpaired) electrons. The highest BCUT2D eigenvalue weighted by Crippen LogP contribution is 1.85. The minimum atomic E-state index is -1.01. The van der Waals surface area contributed by atoms with Crippen LogP contribution in [0.5, 0.6) is 0 Å². The normalized spacial score (nSPS) is 10.7. The van der Waals surface area contributed by atoms with Gasteiger partial charge in [0, 0.05) is 6.21 Å². The Labute approximate surface area is 59.5 Å². The minimum absolute atomic E-state index is 0.286. The first-order valence-corrected chi connectivity index (χ1v) is 3.00. The Morgan fingerprint density at radius 1 is 1.80 bits per heavy atom. The molecule has 0 spiro atoms. The SMILES string of the molecule is CC(C)/C=N/OCC(=O)O. The van der Waals surface area contributed by atoms with Gasteiger partial charge in [-0.25, -0.2) is 4.79 Å². The van der Waals surface area contributed by atoms with Crippen LogP contribution in [0.1, 0.15) is 13.8 Å². The molecule has 0 aromatic rings. The van der Waals surface area contributed by atoms with Crippen LogP contribution >= 0.6 is 0 Å². The monoisotopic (exact) mass is 145 g/mol. The van der Waals surface area contributed by atoms with Crippen molar-refractivity contribution in [2.75, 3.05) is 6.61 Å². The number of carbonyl (C=O) groups is 1. The van der Waals surface area contributed by atoms with E-state index in [4.69, 9.17) is 5.11 Å². The Kier molecular flexibility index (Phi) is 4.28. The first-order valence-electron chi connectivity index (χ1n) is 3.00. The first-order chi connectivity index (χ1) is 4.63. The Morgan fingerprint density at radius 3 is 2.80 bits per heavy atom. The lowest BCUT2D eigenvalue weighted by atomic mass is 10.3. The Bertz CT molecular complexity index is 131. The molecule has 0 unspecified atom stereocenters. The zero-order chi connectivity index (χ0) is 7.98. The van der Waals surface area contributed by atoms with Gasteiger partial charge >= 0.3 is 5.97 Å². The van der Waals surface area contributed by atoms with Gasteiger partial charge in [0.2, 0.25) is 6.61 Å². The number of carboxylic acids is 1. The predicted molar refractivity (Wildman–Crippen MR) is 36.9 cm³/mol. The maximum Gasteiger partial charge on any atom is 0.344 e. The van der Waals surface area contributed by atoms with Gasteiger partial charge in [-0.05, 0) is 5.92 Å². The van der Waals surface area contributed by atoms with Gasteiger partial charge in [-0.1, -0.05) is 19.0 Å². The van der Waals surface area contributed by atoms with E-state index in [2.05, 4.69) is 9.99 Å². The second-order valence-corrected chi connectivity index (χ2v) is 2.17. The molecule has 0 aromatic carbocycles. The van der Waals surface area contributed by atoms with Crippen LogP contribution in [0.15, 0.2) is 5.16 Å². The average molecular weight is 145 g/mol. The number of aliphatic carboxylic acids is 1. The van der Waals surface area contributed by atoms with Crippen LogP contribution in [0.25, 0.3) is 0 Å². The molecule has 0 fully saturated rings. The second kappa shape index (κ2) is 4.78. The molecule has 10 heavy (non-hydrogen) atoms. The molecule has 4 heteroatoms. The molecule has 0 bridgehead atoms. The molecule has 0 atom stereocenters. The lowest BCUT2D eigenvalue weighted by Gasteiger charge is -1.93. The Balaban J connectivity index is 3.27. The summed E-state index contributed by atoms with van der Waals surface area (Å²) < 4.78 is 0. The van der Waals surface area contributed by atoms with Crippen LogP contribution in [0.3, 0.4) is 0 Å². The molecule has 0 heterocycles. The molecule has 0 aliphatic carbocycles. The van der Waals surface area contributed by atoms with Crippen molar-refractivity contribution < 1.29 is 14.7 Å². The third kappa shape index (κ3) is 6.94. The molecule has 0 rings (SSSR count). The van der Waals surface area contributed by atoms with E-state index < -0.39 is 5.97 Å². The van der Waals surface area contributed by atoms with Crippen LogP contribution in [-0.2, 0) is 9.63 Å². The van der Waals surface area contributed by atoms with Gasteiger partial charge in [0.05, 0.1) is 0 Å². The van der Waals surface area contributed by atoms with Gasteiger partial charge in [0.15, 0.2) is 0 Å². The van der Waals surface area contributed by atoms with E-state index in [1.807, 2.05) is 13.8 Å². The topological polar surface area (TPSA) is 58.9 Å². The lowest BCUT2D eigenvalue weighted by Crippen LogP contribution is -2.03.